The minimum absolute atomic E-state index is 0.102. The van der Waals surface area contributed by atoms with E-state index in [1.54, 1.807) is 6.26 Å². The van der Waals surface area contributed by atoms with E-state index < -0.39 is 0 Å². The summed E-state index contributed by atoms with van der Waals surface area (Å²) in [7, 11) is 0. The molecule has 9 nitrogen and oxygen atoms in total. The topological polar surface area (TPSA) is 96.1 Å². The van der Waals surface area contributed by atoms with Gasteiger partial charge in [0.25, 0.3) is 5.56 Å². The standard InChI is InChI=1S/C26H33N7O2/c1-5-26(3,4)33-24(28-29-30-33)23(21-16-19-9-8-18(2)15-22(19)27-25(21)34)32-12-10-31(11-13-32)17-20-7-6-14-35-20/h6-9,14-16,23H,5,10-13,17H2,1-4H3,(H,27,34). The van der Waals surface area contributed by atoms with Gasteiger partial charge in [-0.25, -0.2) is 4.68 Å². The van der Waals surface area contributed by atoms with Crippen LogP contribution in [0, 0.1) is 6.92 Å². The Hall–Kier alpha value is -3.30. The van der Waals surface area contributed by atoms with Gasteiger partial charge in [0.15, 0.2) is 5.82 Å². The molecule has 35 heavy (non-hydrogen) atoms. The first-order valence-corrected chi connectivity index (χ1v) is 12.3. The van der Waals surface area contributed by atoms with E-state index in [4.69, 9.17) is 4.42 Å². The number of furan rings is 1. The molecule has 0 radical (unpaired) electrons. The Morgan fingerprint density at radius 2 is 1.94 bits per heavy atom. The van der Waals surface area contributed by atoms with E-state index in [0.717, 1.165) is 61.4 Å². The molecule has 1 N–H and O–H groups in total. The first kappa shape index (κ1) is 23.4. The molecule has 1 aliphatic heterocycles. The number of tetrazole rings is 1. The first-order valence-electron chi connectivity index (χ1n) is 12.3. The number of fused-ring (bicyclic) bond motifs is 1. The van der Waals surface area contributed by atoms with Crippen LogP contribution in [0.2, 0.25) is 0 Å². The molecule has 0 amide bonds. The molecule has 1 atom stereocenters. The molecule has 4 aromatic rings. The van der Waals surface area contributed by atoms with Crippen LogP contribution >= 0.6 is 0 Å². The van der Waals surface area contributed by atoms with Crippen LogP contribution in [-0.2, 0) is 12.1 Å². The maximum absolute atomic E-state index is 13.4. The predicted molar refractivity (Wildman–Crippen MR) is 134 cm³/mol. The van der Waals surface area contributed by atoms with Crippen molar-refractivity contribution in [2.24, 2.45) is 0 Å². The number of aromatic amines is 1. The molecule has 1 aromatic carbocycles. The molecule has 1 fully saturated rings. The fourth-order valence-electron chi connectivity index (χ4n) is 4.78. The quantitative estimate of drug-likeness (QED) is 0.437. The van der Waals surface area contributed by atoms with E-state index in [9.17, 15) is 4.79 Å². The lowest BCUT2D eigenvalue weighted by molar-refractivity contribution is 0.0925. The normalized spacial score (nSPS) is 16.7. The largest absolute Gasteiger partial charge is 0.468 e. The summed E-state index contributed by atoms with van der Waals surface area (Å²) >= 11 is 0. The van der Waals surface area contributed by atoms with Gasteiger partial charge in [0.1, 0.15) is 11.8 Å². The SMILES string of the molecule is CCC(C)(C)n1nnnc1C(c1cc2ccc(C)cc2[nH]c1=O)N1CCN(Cc2ccco2)CC1. The van der Waals surface area contributed by atoms with E-state index in [-0.39, 0.29) is 17.1 Å². The van der Waals surface area contributed by atoms with Gasteiger partial charge >= 0.3 is 0 Å². The van der Waals surface area contributed by atoms with Crippen molar-refractivity contribution < 1.29 is 4.42 Å². The third-order valence-corrected chi connectivity index (χ3v) is 7.23. The molecule has 3 aromatic heterocycles. The van der Waals surface area contributed by atoms with Gasteiger partial charge in [0.2, 0.25) is 0 Å². The molecule has 0 aliphatic carbocycles. The van der Waals surface area contributed by atoms with Crippen LogP contribution in [0.3, 0.4) is 0 Å². The van der Waals surface area contributed by atoms with E-state index in [1.165, 1.54) is 0 Å². The van der Waals surface area contributed by atoms with Gasteiger partial charge in [-0.05, 0) is 72.8 Å². The molecule has 0 spiro atoms. The summed E-state index contributed by atoms with van der Waals surface area (Å²) in [5.41, 5.74) is 2.24. The van der Waals surface area contributed by atoms with Crippen LogP contribution in [-0.4, -0.2) is 61.2 Å². The number of pyridine rings is 1. The van der Waals surface area contributed by atoms with Crippen LogP contribution in [0.4, 0.5) is 0 Å². The summed E-state index contributed by atoms with van der Waals surface area (Å²) in [4.78, 5) is 21.3. The highest BCUT2D eigenvalue weighted by atomic mass is 16.3. The van der Waals surface area contributed by atoms with Crippen molar-refractivity contribution in [1.82, 2.24) is 35.0 Å². The second-order valence-electron chi connectivity index (χ2n) is 10.1. The molecule has 9 heteroatoms. The van der Waals surface area contributed by atoms with Crippen LogP contribution in [0.1, 0.15) is 55.9 Å². The molecule has 184 valence electrons. The van der Waals surface area contributed by atoms with Gasteiger partial charge < -0.3 is 9.40 Å². The van der Waals surface area contributed by atoms with Crippen molar-refractivity contribution in [3.05, 3.63) is 75.7 Å². The minimum atomic E-state index is -0.351. The highest BCUT2D eigenvalue weighted by molar-refractivity contribution is 5.79. The smallest absolute Gasteiger partial charge is 0.253 e. The average Bonchev–Trinajstić information content (AvgIpc) is 3.54. The molecule has 1 unspecified atom stereocenters. The molecular formula is C26H33N7O2. The predicted octanol–water partition coefficient (Wildman–Crippen LogP) is 3.47. The highest BCUT2D eigenvalue weighted by Gasteiger charge is 2.35. The van der Waals surface area contributed by atoms with Crippen LogP contribution < -0.4 is 5.56 Å². The Kier molecular flexibility index (Phi) is 6.29. The van der Waals surface area contributed by atoms with Crippen molar-refractivity contribution in [2.45, 2.75) is 52.2 Å². The number of hydrogen-bond acceptors (Lipinski definition) is 7. The van der Waals surface area contributed by atoms with Crippen molar-refractivity contribution >= 4 is 10.9 Å². The van der Waals surface area contributed by atoms with Gasteiger partial charge in [-0.2, -0.15) is 0 Å². The lowest BCUT2D eigenvalue weighted by Crippen LogP contribution is -2.49. The fourth-order valence-corrected chi connectivity index (χ4v) is 4.78. The second-order valence-corrected chi connectivity index (χ2v) is 10.1. The second kappa shape index (κ2) is 9.39. The van der Waals surface area contributed by atoms with Gasteiger partial charge in [-0.3, -0.25) is 14.6 Å². The summed E-state index contributed by atoms with van der Waals surface area (Å²) in [6, 6.07) is 11.7. The number of nitrogens with zero attached hydrogens (tertiary/aromatic N) is 6. The van der Waals surface area contributed by atoms with E-state index in [2.05, 4.69) is 63.2 Å². The Bertz CT molecular complexity index is 1350. The fraction of sp³-hybridized carbons (Fsp3) is 0.462. The molecule has 1 saturated heterocycles. The zero-order valence-electron chi connectivity index (χ0n) is 20.9. The number of benzene rings is 1. The van der Waals surface area contributed by atoms with E-state index in [0.29, 0.717) is 11.4 Å². The summed E-state index contributed by atoms with van der Waals surface area (Å²) in [6.07, 6.45) is 2.58. The van der Waals surface area contributed by atoms with Crippen LogP contribution in [0.15, 0.2) is 51.9 Å². The lowest BCUT2D eigenvalue weighted by Gasteiger charge is -2.39. The van der Waals surface area contributed by atoms with Crippen LogP contribution in [0.25, 0.3) is 10.9 Å². The van der Waals surface area contributed by atoms with Crippen molar-refractivity contribution in [3.63, 3.8) is 0 Å². The van der Waals surface area contributed by atoms with Crippen LogP contribution in [0.5, 0.6) is 0 Å². The maximum Gasteiger partial charge on any atom is 0.253 e. The third-order valence-electron chi connectivity index (χ3n) is 7.23. The molecular weight excluding hydrogens is 442 g/mol. The van der Waals surface area contributed by atoms with Crippen molar-refractivity contribution in [2.75, 3.05) is 26.2 Å². The third kappa shape index (κ3) is 4.66. The number of nitrogens with one attached hydrogen (secondary N) is 1. The number of aryl methyl sites for hydroxylation is 1. The molecule has 4 heterocycles. The zero-order valence-corrected chi connectivity index (χ0v) is 20.9. The Morgan fingerprint density at radius 1 is 1.14 bits per heavy atom. The molecule has 0 bridgehead atoms. The molecule has 0 saturated carbocycles. The number of aromatic nitrogens is 5. The summed E-state index contributed by atoms with van der Waals surface area (Å²) in [6.45, 7) is 12.5. The zero-order chi connectivity index (χ0) is 24.6. The average molecular weight is 476 g/mol. The Balaban J connectivity index is 1.53. The number of H-pyrrole nitrogens is 1. The summed E-state index contributed by atoms with van der Waals surface area (Å²) in [5, 5.41) is 13.9. The van der Waals surface area contributed by atoms with Gasteiger partial charge in [-0.15, -0.1) is 5.10 Å². The Labute approximate surface area is 204 Å². The maximum atomic E-state index is 13.4. The van der Waals surface area contributed by atoms with E-state index in [1.807, 2.05) is 35.9 Å². The summed E-state index contributed by atoms with van der Waals surface area (Å²) < 4.78 is 7.43. The highest BCUT2D eigenvalue weighted by Crippen LogP contribution is 2.31. The van der Waals surface area contributed by atoms with Crippen molar-refractivity contribution in [1.29, 1.82) is 0 Å². The van der Waals surface area contributed by atoms with E-state index >= 15 is 0 Å². The number of piperazine rings is 1. The molecule has 5 rings (SSSR count). The van der Waals surface area contributed by atoms with Crippen molar-refractivity contribution in [3.8, 4) is 0 Å². The number of hydrogen-bond donors (Lipinski definition) is 1. The van der Waals surface area contributed by atoms with Gasteiger partial charge in [0, 0.05) is 37.3 Å². The molecule has 1 aliphatic rings. The lowest BCUT2D eigenvalue weighted by atomic mass is 9.98. The Morgan fingerprint density at radius 3 is 2.66 bits per heavy atom. The number of rotatable bonds is 7. The van der Waals surface area contributed by atoms with Gasteiger partial charge in [-0.1, -0.05) is 19.1 Å². The first-order chi connectivity index (χ1) is 16.9. The monoisotopic (exact) mass is 475 g/mol. The minimum Gasteiger partial charge on any atom is -0.468 e. The van der Waals surface area contributed by atoms with Gasteiger partial charge in [0.05, 0.1) is 18.3 Å². The summed E-state index contributed by atoms with van der Waals surface area (Å²) in [5.74, 6) is 1.67.